The summed E-state index contributed by atoms with van der Waals surface area (Å²) in [6, 6.07) is 2.55. The highest BCUT2D eigenvalue weighted by molar-refractivity contribution is 7.84. The summed E-state index contributed by atoms with van der Waals surface area (Å²) >= 11 is 5.58. The number of nitrogen functional groups attached to an aromatic ring is 1. The van der Waals surface area contributed by atoms with Gasteiger partial charge in [-0.2, -0.15) is 0 Å². The zero-order valence-corrected chi connectivity index (χ0v) is 10.7. The number of rotatable bonds is 4. The third kappa shape index (κ3) is 3.64. The van der Waals surface area contributed by atoms with Crippen LogP contribution >= 0.6 is 11.6 Å². The van der Waals surface area contributed by atoms with E-state index < -0.39 is 16.6 Å². The molecular weight excluding hydrogens is 251 g/mol. The van der Waals surface area contributed by atoms with Crippen molar-refractivity contribution >= 4 is 33.8 Å². The molecule has 0 aliphatic heterocycles. The normalized spacial score (nSPS) is 14.5. The Morgan fingerprint density at radius 1 is 1.62 bits per heavy atom. The van der Waals surface area contributed by atoms with Gasteiger partial charge in [-0.15, -0.1) is 0 Å². The fourth-order valence-corrected chi connectivity index (χ4v) is 2.31. The zero-order valence-electron chi connectivity index (χ0n) is 9.09. The van der Waals surface area contributed by atoms with Gasteiger partial charge in [-0.25, -0.2) is 4.39 Å². The van der Waals surface area contributed by atoms with E-state index in [9.17, 15) is 8.60 Å². The van der Waals surface area contributed by atoms with Crippen molar-refractivity contribution in [3.63, 3.8) is 0 Å². The van der Waals surface area contributed by atoms with Crippen molar-refractivity contribution < 1.29 is 8.60 Å². The first-order chi connectivity index (χ1) is 7.40. The summed E-state index contributed by atoms with van der Waals surface area (Å²) in [4.78, 5) is 0. The molecular formula is C10H14ClFN2OS. The average molecular weight is 265 g/mol. The number of nitrogens with one attached hydrogen (secondary N) is 1. The van der Waals surface area contributed by atoms with Gasteiger partial charge in [0.2, 0.25) is 0 Å². The van der Waals surface area contributed by atoms with Crippen molar-refractivity contribution in [2.45, 2.75) is 13.0 Å². The molecule has 0 bridgehead atoms. The van der Waals surface area contributed by atoms with Crippen LogP contribution in [0.25, 0.3) is 0 Å². The molecule has 0 radical (unpaired) electrons. The molecule has 0 heterocycles. The molecule has 1 aromatic carbocycles. The van der Waals surface area contributed by atoms with Gasteiger partial charge in [0, 0.05) is 34.9 Å². The van der Waals surface area contributed by atoms with Crippen LogP contribution in [0.2, 0.25) is 5.02 Å². The molecule has 3 nitrogen and oxygen atoms in total. The van der Waals surface area contributed by atoms with E-state index >= 15 is 0 Å². The average Bonchev–Trinajstić information content (AvgIpc) is 2.12. The Labute approximate surface area is 102 Å². The van der Waals surface area contributed by atoms with Crippen LogP contribution in [0.3, 0.4) is 0 Å². The van der Waals surface area contributed by atoms with Crippen LogP contribution in [0, 0.1) is 5.82 Å². The minimum Gasteiger partial charge on any atom is -0.397 e. The van der Waals surface area contributed by atoms with E-state index in [2.05, 4.69) is 5.32 Å². The molecule has 16 heavy (non-hydrogen) atoms. The van der Waals surface area contributed by atoms with Crippen molar-refractivity contribution in [3.05, 3.63) is 23.0 Å². The third-order valence-corrected chi connectivity index (χ3v) is 3.24. The highest BCUT2D eigenvalue weighted by atomic mass is 35.5. The summed E-state index contributed by atoms with van der Waals surface area (Å²) in [7, 11) is -0.909. The lowest BCUT2D eigenvalue weighted by Gasteiger charge is -2.16. The predicted molar refractivity (Wildman–Crippen MR) is 67.8 cm³/mol. The summed E-state index contributed by atoms with van der Waals surface area (Å²) in [6.45, 7) is 1.85. The molecule has 6 heteroatoms. The highest BCUT2D eigenvalue weighted by Crippen LogP contribution is 2.26. The lowest BCUT2D eigenvalue weighted by molar-refractivity contribution is 0.628. The van der Waals surface area contributed by atoms with E-state index in [0.717, 1.165) is 0 Å². The molecule has 1 aromatic rings. The van der Waals surface area contributed by atoms with Crippen molar-refractivity contribution in [3.8, 4) is 0 Å². The van der Waals surface area contributed by atoms with Gasteiger partial charge in [-0.05, 0) is 13.0 Å². The van der Waals surface area contributed by atoms with Gasteiger partial charge in [0.25, 0.3) is 0 Å². The van der Waals surface area contributed by atoms with Crippen LogP contribution in [0.15, 0.2) is 12.1 Å². The summed E-state index contributed by atoms with van der Waals surface area (Å²) < 4.78 is 24.2. The summed E-state index contributed by atoms with van der Waals surface area (Å²) in [5.41, 5.74) is 6.53. The first-order valence-electron chi connectivity index (χ1n) is 4.71. The quantitative estimate of drug-likeness (QED) is 0.820. The molecule has 0 fully saturated rings. The van der Waals surface area contributed by atoms with Crippen molar-refractivity contribution in [1.82, 2.24) is 0 Å². The van der Waals surface area contributed by atoms with Crippen molar-refractivity contribution in [2.24, 2.45) is 0 Å². The van der Waals surface area contributed by atoms with Crippen LogP contribution in [0.1, 0.15) is 6.92 Å². The van der Waals surface area contributed by atoms with Gasteiger partial charge in [0.1, 0.15) is 5.82 Å². The number of halogens is 2. The second-order valence-corrected chi connectivity index (χ2v) is 5.53. The molecule has 1 rings (SSSR count). The van der Waals surface area contributed by atoms with E-state index in [1.807, 2.05) is 6.92 Å². The smallest absolute Gasteiger partial charge is 0.143 e. The van der Waals surface area contributed by atoms with Gasteiger partial charge in [-0.1, -0.05) is 11.6 Å². The maximum absolute atomic E-state index is 13.2. The monoisotopic (exact) mass is 264 g/mol. The summed E-state index contributed by atoms with van der Waals surface area (Å²) in [5.74, 6) is -0.0489. The van der Waals surface area contributed by atoms with Gasteiger partial charge in [0.15, 0.2) is 0 Å². The second-order valence-electron chi connectivity index (χ2n) is 3.64. The number of benzene rings is 1. The fourth-order valence-electron chi connectivity index (χ4n) is 1.35. The lowest BCUT2D eigenvalue weighted by Crippen LogP contribution is -2.22. The number of hydrogen-bond acceptors (Lipinski definition) is 3. The maximum atomic E-state index is 13.2. The first kappa shape index (κ1) is 13.3. The Kier molecular flexibility index (Phi) is 4.56. The molecule has 0 saturated heterocycles. The molecule has 0 aliphatic rings. The molecule has 0 saturated carbocycles. The zero-order chi connectivity index (χ0) is 12.3. The Morgan fingerprint density at radius 2 is 2.25 bits per heavy atom. The second kappa shape index (κ2) is 5.50. The summed E-state index contributed by atoms with van der Waals surface area (Å²) in [6.07, 6.45) is 1.62. The number of hydrogen-bond donors (Lipinski definition) is 2. The predicted octanol–water partition coefficient (Wildman–Crippen LogP) is 2.24. The molecule has 2 atom stereocenters. The Bertz CT molecular complexity index is 414. The Morgan fingerprint density at radius 3 is 2.81 bits per heavy atom. The van der Waals surface area contributed by atoms with Gasteiger partial charge in [0.05, 0.1) is 16.4 Å². The minimum absolute atomic E-state index is 0.00484. The molecule has 2 unspecified atom stereocenters. The van der Waals surface area contributed by atoms with Gasteiger partial charge >= 0.3 is 0 Å². The van der Waals surface area contributed by atoms with E-state index in [1.54, 1.807) is 6.26 Å². The molecule has 0 aromatic heterocycles. The minimum atomic E-state index is -0.909. The maximum Gasteiger partial charge on any atom is 0.143 e. The number of anilines is 2. The van der Waals surface area contributed by atoms with E-state index in [4.69, 9.17) is 17.3 Å². The van der Waals surface area contributed by atoms with Crippen LogP contribution in [0.4, 0.5) is 15.8 Å². The highest BCUT2D eigenvalue weighted by Gasteiger charge is 2.09. The largest absolute Gasteiger partial charge is 0.397 e. The summed E-state index contributed by atoms with van der Waals surface area (Å²) in [5, 5.41) is 2.99. The molecule has 0 aliphatic carbocycles. The fraction of sp³-hybridized carbons (Fsp3) is 0.400. The van der Waals surface area contributed by atoms with Crippen LogP contribution in [-0.4, -0.2) is 22.3 Å². The van der Waals surface area contributed by atoms with Crippen molar-refractivity contribution in [2.75, 3.05) is 23.1 Å². The van der Waals surface area contributed by atoms with E-state index in [-0.39, 0.29) is 11.1 Å². The molecule has 0 amide bonds. The van der Waals surface area contributed by atoms with Crippen LogP contribution < -0.4 is 11.1 Å². The Balaban J connectivity index is 2.81. The molecule has 90 valence electrons. The third-order valence-electron chi connectivity index (χ3n) is 1.98. The SMILES string of the molecule is CC(CS(C)=O)Nc1cc(F)c(Cl)cc1N. The van der Waals surface area contributed by atoms with Gasteiger partial charge in [-0.3, -0.25) is 4.21 Å². The number of nitrogens with two attached hydrogens (primary N) is 1. The van der Waals surface area contributed by atoms with Gasteiger partial charge < -0.3 is 11.1 Å². The van der Waals surface area contributed by atoms with Crippen LogP contribution in [-0.2, 0) is 10.8 Å². The Hall–Kier alpha value is -0.810. The molecule has 3 N–H and O–H groups in total. The van der Waals surface area contributed by atoms with Crippen molar-refractivity contribution in [1.29, 1.82) is 0 Å². The first-order valence-corrected chi connectivity index (χ1v) is 6.81. The lowest BCUT2D eigenvalue weighted by atomic mass is 10.2. The van der Waals surface area contributed by atoms with E-state index in [1.165, 1.54) is 12.1 Å². The standard InChI is InChI=1S/C10H14ClFN2OS/c1-6(5-16(2)15)14-10-4-8(12)7(11)3-9(10)13/h3-4,6,14H,5,13H2,1-2H3. The topological polar surface area (TPSA) is 55.1 Å². The van der Waals surface area contributed by atoms with E-state index in [0.29, 0.717) is 17.1 Å². The molecule has 0 spiro atoms. The van der Waals surface area contributed by atoms with Crippen LogP contribution in [0.5, 0.6) is 0 Å².